The fourth-order valence-corrected chi connectivity index (χ4v) is 1.55. The number of carbonyl (C=O) groups is 1. The third kappa shape index (κ3) is 1.68. The average Bonchev–Trinajstić information content (AvgIpc) is 2.77. The standard InChI is InChI=1S/C11H14N4O3/c1-4-11(2,3)9(17)15-8(16)6-7(13-5-12-6)14-10(15)18/h5H,4H2,1-3H3,(H,12,13)(H,14,18). The Morgan fingerprint density at radius 3 is 2.72 bits per heavy atom. The molecule has 0 atom stereocenters. The van der Waals surface area contributed by atoms with Gasteiger partial charge in [0.25, 0.3) is 5.56 Å². The van der Waals surface area contributed by atoms with Crippen molar-refractivity contribution in [2.75, 3.05) is 0 Å². The van der Waals surface area contributed by atoms with E-state index >= 15 is 0 Å². The van der Waals surface area contributed by atoms with E-state index in [1.807, 2.05) is 6.92 Å². The van der Waals surface area contributed by atoms with E-state index < -0.39 is 22.6 Å². The first-order valence-corrected chi connectivity index (χ1v) is 5.61. The highest BCUT2D eigenvalue weighted by molar-refractivity contribution is 5.85. The van der Waals surface area contributed by atoms with E-state index in [1.54, 1.807) is 13.8 Å². The molecule has 0 saturated heterocycles. The van der Waals surface area contributed by atoms with Crippen molar-refractivity contribution in [3.05, 3.63) is 27.2 Å². The molecule has 0 aliphatic heterocycles. The molecule has 7 heteroatoms. The highest BCUT2D eigenvalue weighted by Crippen LogP contribution is 2.20. The lowest BCUT2D eigenvalue weighted by molar-refractivity contribution is 0.0729. The zero-order valence-corrected chi connectivity index (χ0v) is 10.4. The van der Waals surface area contributed by atoms with Gasteiger partial charge in [0.2, 0.25) is 5.91 Å². The fraction of sp³-hybridized carbons (Fsp3) is 0.455. The summed E-state index contributed by atoms with van der Waals surface area (Å²) in [6, 6.07) is 0. The average molecular weight is 250 g/mol. The number of carbonyl (C=O) groups excluding carboxylic acids is 1. The summed E-state index contributed by atoms with van der Waals surface area (Å²) in [7, 11) is 0. The van der Waals surface area contributed by atoms with Crippen molar-refractivity contribution >= 4 is 17.1 Å². The van der Waals surface area contributed by atoms with Gasteiger partial charge in [-0.05, 0) is 6.42 Å². The largest absolute Gasteiger partial charge is 0.339 e. The van der Waals surface area contributed by atoms with Gasteiger partial charge in [0.05, 0.1) is 6.33 Å². The van der Waals surface area contributed by atoms with Gasteiger partial charge in [0.15, 0.2) is 5.65 Å². The van der Waals surface area contributed by atoms with Crippen LogP contribution in [0.25, 0.3) is 11.2 Å². The van der Waals surface area contributed by atoms with E-state index in [4.69, 9.17) is 0 Å². The van der Waals surface area contributed by atoms with E-state index in [-0.39, 0.29) is 11.2 Å². The Hall–Kier alpha value is -2.18. The molecule has 0 unspecified atom stereocenters. The number of imidazole rings is 1. The predicted molar refractivity (Wildman–Crippen MR) is 65.7 cm³/mol. The molecular weight excluding hydrogens is 236 g/mol. The zero-order chi connectivity index (χ0) is 13.5. The molecule has 2 aromatic rings. The maximum atomic E-state index is 12.2. The van der Waals surface area contributed by atoms with Gasteiger partial charge < -0.3 is 4.98 Å². The van der Waals surface area contributed by atoms with Crippen LogP contribution in [-0.2, 0) is 0 Å². The van der Waals surface area contributed by atoms with Gasteiger partial charge in [-0.1, -0.05) is 20.8 Å². The second-order valence-corrected chi connectivity index (χ2v) is 4.74. The minimum Gasteiger partial charge on any atom is -0.339 e. The summed E-state index contributed by atoms with van der Waals surface area (Å²) < 4.78 is 0.629. The molecule has 0 fully saturated rings. The first-order valence-electron chi connectivity index (χ1n) is 5.61. The Kier molecular flexibility index (Phi) is 2.68. The lowest BCUT2D eigenvalue weighted by Gasteiger charge is -2.20. The Labute approximate surface area is 102 Å². The lowest BCUT2D eigenvalue weighted by atomic mass is 9.89. The second kappa shape index (κ2) is 3.94. The molecular formula is C11H14N4O3. The number of aromatic nitrogens is 4. The number of fused-ring (bicyclic) bond motifs is 1. The molecule has 0 radical (unpaired) electrons. The van der Waals surface area contributed by atoms with E-state index in [9.17, 15) is 14.4 Å². The molecule has 7 nitrogen and oxygen atoms in total. The third-order valence-corrected chi connectivity index (χ3v) is 3.15. The maximum Gasteiger partial charge on any atom is 0.337 e. The van der Waals surface area contributed by atoms with Crippen LogP contribution in [0.1, 0.15) is 32.0 Å². The summed E-state index contributed by atoms with van der Waals surface area (Å²) in [4.78, 5) is 44.9. The van der Waals surface area contributed by atoms with Gasteiger partial charge >= 0.3 is 5.69 Å². The van der Waals surface area contributed by atoms with Crippen molar-refractivity contribution in [1.29, 1.82) is 0 Å². The van der Waals surface area contributed by atoms with Crippen molar-refractivity contribution in [2.45, 2.75) is 27.2 Å². The van der Waals surface area contributed by atoms with Gasteiger partial charge in [0.1, 0.15) is 5.52 Å². The molecule has 2 heterocycles. The topological polar surface area (TPSA) is 101 Å². The van der Waals surface area contributed by atoms with Crippen molar-refractivity contribution in [2.24, 2.45) is 5.41 Å². The Bertz CT molecular complexity index is 720. The molecule has 0 amide bonds. The maximum absolute atomic E-state index is 12.2. The highest BCUT2D eigenvalue weighted by Gasteiger charge is 2.30. The van der Waals surface area contributed by atoms with Gasteiger partial charge in [0, 0.05) is 5.41 Å². The SMILES string of the molecule is CCC(C)(C)C(=O)n1c(=O)[nH]c2nc[nH]c2c1=O. The number of nitrogens with zero attached hydrogens (tertiary/aromatic N) is 2. The Balaban J connectivity index is 2.76. The van der Waals surface area contributed by atoms with Gasteiger partial charge in [-0.2, -0.15) is 4.57 Å². The van der Waals surface area contributed by atoms with Crippen LogP contribution in [-0.4, -0.2) is 25.4 Å². The lowest BCUT2D eigenvalue weighted by Crippen LogP contribution is -2.45. The number of rotatable bonds is 2. The Morgan fingerprint density at radius 2 is 2.11 bits per heavy atom. The minimum absolute atomic E-state index is 0.120. The Morgan fingerprint density at radius 1 is 1.44 bits per heavy atom. The zero-order valence-electron chi connectivity index (χ0n) is 10.4. The molecule has 0 bridgehead atoms. The number of H-pyrrole nitrogens is 2. The molecule has 2 aromatic heterocycles. The molecule has 2 N–H and O–H groups in total. The van der Waals surface area contributed by atoms with E-state index in [1.165, 1.54) is 6.33 Å². The smallest absolute Gasteiger partial charge is 0.337 e. The monoisotopic (exact) mass is 250 g/mol. The van der Waals surface area contributed by atoms with Crippen molar-refractivity contribution in [3.8, 4) is 0 Å². The van der Waals surface area contributed by atoms with Gasteiger partial charge in [-0.3, -0.25) is 14.6 Å². The minimum atomic E-state index is -0.773. The molecule has 0 aromatic carbocycles. The van der Waals surface area contributed by atoms with E-state index in [2.05, 4.69) is 15.0 Å². The quantitative estimate of drug-likeness (QED) is 0.809. The normalized spacial score (nSPS) is 11.9. The number of hydrogen-bond acceptors (Lipinski definition) is 4. The van der Waals surface area contributed by atoms with E-state index in [0.717, 1.165) is 0 Å². The summed E-state index contributed by atoms with van der Waals surface area (Å²) in [5.41, 5.74) is -1.92. The molecule has 2 rings (SSSR count). The van der Waals surface area contributed by atoms with Crippen LogP contribution in [0.3, 0.4) is 0 Å². The summed E-state index contributed by atoms with van der Waals surface area (Å²) in [6.07, 6.45) is 1.82. The predicted octanol–water partition coefficient (Wildman–Crippen LogP) is 0.489. The molecule has 0 aliphatic rings. The van der Waals surface area contributed by atoms with Crippen molar-refractivity contribution < 1.29 is 4.79 Å². The first kappa shape index (κ1) is 12.3. The summed E-state index contributed by atoms with van der Waals surface area (Å²) in [5, 5.41) is 0. The van der Waals surface area contributed by atoms with E-state index in [0.29, 0.717) is 11.0 Å². The number of aromatic amines is 2. The van der Waals surface area contributed by atoms with Crippen molar-refractivity contribution in [3.63, 3.8) is 0 Å². The van der Waals surface area contributed by atoms with Crippen molar-refractivity contribution in [1.82, 2.24) is 19.5 Å². The van der Waals surface area contributed by atoms with Crippen LogP contribution in [0, 0.1) is 5.41 Å². The third-order valence-electron chi connectivity index (χ3n) is 3.15. The summed E-state index contributed by atoms with van der Waals surface area (Å²) >= 11 is 0. The van der Waals surface area contributed by atoms with Gasteiger partial charge in [-0.25, -0.2) is 9.78 Å². The highest BCUT2D eigenvalue weighted by atomic mass is 16.2. The van der Waals surface area contributed by atoms with Crippen LogP contribution in [0.4, 0.5) is 0 Å². The van der Waals surface area contributed by atoms with Crippen LogP contribution in [0.2, 0.25) is 0 Å². The molecule has 96 valence electrons. The number of hydrogen-bond donors (Lipinski definition) is 2. The fourth-order valence-electron chi connectivity index (χ4n) is 1.55. The first-order chi connectivity index (χ1) is 8.38. The second-order valence-electron chi connectivity index (χ2n) is 4.74. The van der Waals surface area contributed by atoms with Crippen LogP contribution in [0.15, 0.2) is 15.9 Å². The molecule has 0 saturated carbocycles. The summed E-state index contributed by atoms with van der Waals surface area (Å²) in [5.74, 6) is -0.521. The van der Waals surface area contributed by atoms with Crippen LogP contribution in [0.5, 0.6) is 0 Å². The van der Waals surface area contributed by atoms with Crippen LogP contribution < -0.4 is 11.2 Å². The van der Waals surface area contributed by atoms with Gasteiger partial charge in [-0.15, -0.1) is 0 Å². The molecule has 18 heavy (non-hydrogen) atoms. The molecule has 0 aliphatic carbocycles. The molecule has 0 spiro atoms. The van der Waals surface area contributed by atoms with Crippen LogP contribution >= 0.6 is 0 Å². The summed E-state index contributed by atoms with van der Waals surface area (Å²) in [6.45, 7) is 5.21. The number of nitrogens with one attached hydrogen (secondary N) is 2.